The van der Waals surface area contributed by atoms with Crippen LogP contribution in [0.1, 0.15) is 55.1 Å². The Morgan fingerprint density at radius 3 is 2.83 bits per heavy atom. The molecule has 3 amide bonds. The van der Waals surface area contributed by atoms with E-state index in [1.165, 1.54) is 16.3 Å². The number of carbonyl (C=O) groups is 3. The van der Waals surface area contributed by atoms with Gasteiger partial charge in [-0.2, -0.15) is 0 Å². The van der Waals surface area contributed by atoms with Crippen LogP contribution in [0.5, 0.6) is 0 Å². The predicted molar refractivity (Wildman–Crippen MR) is 116 cm³/mol. The second-order valence-electron chi connectivity index (χ2n) is 7.70. The van der Waals surface area contributed by atoms with E-state index in [-0.39, 0.29) is 29.6 Å². The summed E-state index contributed by atoms with van der Waals surface area (Å²) in [4.78, 5) is 42.6. The fourth-order valence-electron chi connectivity index (χ4n) is 3.72. The van der Waals surface area contributed by atoms with Gasteiger partial charge in [0.2, 0.25) is 11.8 Å². The third-order valence-corrected chi connectivity index (χ3v) is 6.53. The van der Waals surface area contributed by atoms with E-state index in [4.69, 9.17) is 0 Å². The number of fused-ring (bicyclic) bond motifs is 1. The van der Waals surface area contributed by atoms with Gasteiger partial charge >= 0.3 is 0 Å². The molecule has 1 aromatic carbocycles. The molecule has 2 heterocycles. The molecule has 1 aromatic heterocycles. The molecule has 1 aliphatic carbocycles. The van der Waals surface area contributed by atoms with Crippen molar-refractivity contribution in [3.8, 4) is 0 Å². The molecule has 1 fully saturated rings. The van der Waals surface area contributed by atoms with E-state index in [1.807, 2.05) is 17.5 Å². The molecular formula is C22H24N4O3S. The first-order valence-corrected chi connectivity index (χ1v) is 11.0. The van der Waals surface area contributed by atoms with Gasteiger partial charge in [0, 0.05) is 10.9 Å². The highest BCUT2D eigenvalue weighted by atomic mass is 32.1. The number of aromatic nitrogens is 1. The fourth-order valence-corrected chi connectivity index (χ4v) is 4.54. The quantitative estimate of drug-likeness (QED) is 0.713. The number of hydrogen-bond acceptors (Lipinski definition) is 5. The van der Waals surface area contributed by atoms with Gasteiger partial charge in [-0.05, 0) is 43.4 Å². The number of hydrogen-bond donors (Lipinski definition) is 2. The minimum atomic E-state index is -0.365. The van der Waals surface area contributed by atoms with Gasteiger partial charge in [0.05, 0.1) is 23.2 Å². The molecular weight excluding hydrogens is 400 g/mol. The largest absolute Gasteiger partial charge is 0.298 e. The molecule has 1 saturated heterocycles. The molecule has 30 heavy (non-hydrogen) atoms. The van der Waals surface area contributed by atoms with Crippen LogP contribution in [0, 0.1) is 11.8 Å². The lowest BCUT2D eigenvalue weighted by Gasteiger charge is -2.38. The van der Waals surface area contributed by atoms with Crippen molar-refractivity contribution in [2.45, 2.75) is 39.0 Å². The van der Waals surface area contributed by atoms with E-state index in [1.54, 1.807) is 24.3 Å². The molecule has 2 aliphatic rings. The molecule has 7 nitrogen and oxygen atoms in total. The maximum atomic E-state index is 12.9. The number of rotatable bonds is 5. The van der Waals surface area contributed by atoms with Gasteiger partial charge in [-0.15, -0.1) is 11.3 Å². The number of anilines is 2. The third kappa shape index (κ3) is 3.87. The van der Waals surface area contributed by atoms with E-state index in [0.29, 0.717) is 35.1 Å². The summed E-state index contributed by atoms with van der Waals surface area (Å²) in [5.74, 6) is -0.984. The summed E-state index contributed by atoms with van der Waals surface area (Å²) in [6, 6.07) is 6.68. The van der Waals surface area contributed by atoms with Crippen molar-refractivity contribution in [3.63, 3.8) is 0 Å². The summed E-state index contributed by atoms with van der Waals surface area (Å²) in [5, 5.41) is 6.59. The molecule has 2 aromatic rings. The molecule has 1 aliphatic heterocycles. The molecule has 2 N–H and O–H groups in total. The normalized spacial score (nSPS) is 21.7. The van der Waals surface area contributed by atoms with Crippen LogP contribution in [0.3, 0.4) is 0 Å². The zero-order chi connectivity index (χ0) is 21.3. The zero-order valence-corrected chi connectivity index (χ0v) is 17.7. The van der Waals surface area contributed by atoms with Gasteiger partial charge in [0.15, 0.2) is 5.13 Å². The maximum Gasteiger partial charge on any atom is 0.257 e. The first-order chi connectivity index (χ1) is 14.5. The molecule has 156 valence electrons. The highest BCUT2D eigenvalue weighted by Crippen LogP contribution is 2.32. The summed E-state index contributed by atoms with van der Waals surface area (Å²) in [6.45, 7) is 4.20. The van der Waals surface area contributed by atoms with Gasteiger partial charge < -0.3 is 0 Å². The summed E-state index contributed by atoms with van der Waals surface area (Å²) >= 11 is 1.39. The predicted octanol–water partition coefficient (Wildman–Crippen LogP) is 3.87. The van der Waals surface area contributed by atoms with Crippen molar-refractivity contribution in [2.24, 2.45) is 11.8 Å². The van der Waals surface area contributed by atoms with Crippen LogP contribution in [0.25, 0.3) is 0 Å². The van der Waals surface area contributed by atoms with Crippen LogP contribution in [-0.2, 0) is 9.59 Å². The second kappa shape index (κ2) is 8.39. The van der Waals surface area contributed by atoms with Crippen LogP contribution in [0.4, 0.5) is 10.8 Å². The molecule has 0 spiro atoms. The van der Waals surface area contributed by atoms with E-state index < -0.39 is 0 Å². The summed E-state index contributed by atoms with van der Waals surface area (Å²) in [7, 11) is 0. The average molecular weight is 425 g/mol. The lowest BCUT2D eigenvalue weighted by Crippen LogP contribution is -2.59. The number of hydrazine groups is 1. The summed E-state index contributed by atoms with van der Waals surface area (Å²) < 4.78 is 0. The lowest BCUT2D eigenvalue weighted by atomic mass is 9.80. The van der Waals surface area contributed by atoms with Gasteiger partial charge in [0.1, 0.15) is 0 Å². The zero-order valence-electron chi connectivity index (χ0n) is 16.9. The molecule has 8 heteroatoms. The minimum absolute atomic E-state index is 0.153. The smallest absolute Gasteiger partial charge is 0.257 e. The molecule has 3 atom stereocenters. The molecule has 0 unspecified atom stereocenters. The third-order valence-electron chi connectivity index (χ3n) is 5.75. The first-order valence-electron chi connectivity index (χ1n) is 10.1. The number of carbonyl (C=O) groups excluding carboxylic acids is 3. The van der Waals surface area contributed by atoms with E-state index in [2.05, 4.69) is 29.6 Å². The number of nitrogens with one attached hydrogen (secondary N) is 2. The van der Waals surface area contributed by atoms with E-state index in [9.17, 15) is 14.4 Å². The topological polar surface area (TPSA) is 91.4 Å². The summed E-state index contributed by atoms with van der Waals surface area (Å²) in [6.07, 6.45) is 5.99. The van der Waals surface area contributed by atoms with Gasteiger partial charge in [-0.25, -0.2) is 9.99 Å². The lowest BCUT2D eigenvalue weighted by molar-refractivity contribution is -0.139. The molecule has 4 rings (SSSR count). The van der Waals surface area contributed by atoms with Crippen molar-refractivity contribution in [2.75, 3.05) is 10.3 Å². The van der Waals surface area contributed by atoms with Gasteiger partial charge in [0.25, 0.3) is 5.91 Å². The number of nitrogens with zero attached hydrogens (tertiary/aromatic N) is 2. The average Bonchev–Trinajstić information content (AvgIpc) is 3.24. The Kier molecular flexibility index (Phi) is 5.67. The monoisotopic (exact) mass is 424 g/mol. The van der Waals surface area contributed by atoms with Crippen molar-refractivity contribution in [1.82, 2.24) is 10.4 Å². The van der Waals surface area contributed by atoms with Gasteiger partial charge in [-0.3, -0.25) is 25.1 Å². The maximum absolute atomic E-state index is 12.9. The van der Waals surface area contributed by atoms with E-state index in [0.717, 1.165) is 12.1 Å². The SMILES string of the molecule is CC[C@@H](C)c1csc(NC(=O)c2cccc(N3NC(=O)[C@@H]4CC=CC[C@@H]4C3=O)c2)n1. The van der Waals surface area contributed by atoms with Gasteiger partial charge in [-0.1, -0.05) is 32.1 Å². The first kappa shape index (κ1) is 20.3. The number of allylic oxidation sites excluding steroid dienone is 2. The van der Waals surface area contributed by atoms with Crippen LogP contribution in [0.15, 0.2) is 41.8 Å². The molecule has 0 radical (unpaired) electrons. The Morgan fingerprint density at radius 1 is 1.30 bits per heavy atom. The van der Waals surface area contributed by atoms with Crippen LogP contribution >= 0.6 is 11.3 Å². The Hall–Kier alpha value is -3.00. The van der Waals surface area contributed by atoms with Crippen LogP contribution in [-0.4, -0.2) is 22.7 Å². The van der Waals surface area contributed by atoms with Crippen molar-refractivity contribution < 1.29 is 14.4 Å². The molecule has 0 bridgehead atoms. The minimum Gasteiger partial charge on any atom is -0.298 e. The number of thiazole rings is 1. The van der Waals surface area contributed by atoms with Crippen LogP contribution in [0.2, 0.25) is 0 Å². The highest BCUT2D eigenvalue weighted by molar-refractivity contribution is 7.14. The van der Waals surface area contributed by atoms with Crippen molar-refractivity contribution in [3.05, 3.63) is 53.1 Å². The number of amides is 3. The second-order valence-corrected chi connectivity index (χ2v) is 8.55. The Balaban J connectivity index is 1.51. The van der Waals surface area contributed by atoms with Crippen molar-refractivity contribution >= 4 is 39.9 Å². The van der Waals surface area contributed by atoms with E-state index >= 15 is 0 Å². The Labute approximate surface area is 179 Å². The fraction of sp³-hybridized carbons (Fsp3) is 0.364. The van der Waals surface area contributed by atoms with Crippen LogP contribution < -0.4 is 15.8 Å². The van der Waals surface area contributed by atoms with Crippen molar-refractivity contribution in [1.29, 1.82) is 0 Å². The standard InChI is InChI=1S/C22H24N4O3S/c1-3-13(2)18-12-30-22(23-18)24-19(27)14-7-6-8-15(11-14)26-21(29)17-10-5-4-9-16(17)20(28)25-26/h4-8,11-13,16-17H,3,9-10H2,1-2H3,(H,25,28)(H,23,24,27)/t13-,16-,17+/m1/s1. The summed E-state index contributed by atoms with van der Waals surface area (Å²) in [5.41, 5.74) is 4.51. The number of benzene rings is 1. The molecule has 0 saturated carbocycles. The highest BCUT2D eigenvalue weighted by Gasteiger charge is 2.42. The Bertz CT molecular complexity index is 1020. The Morgan fingerprint density at radius 2 is 2.07 bits per heavy atom.